The molecule has 0 radical (unpaired) electrons. The summed E-state index contributed by atoms with van der Waals surface area (Å²) in [4.78, 5) is 27.6. The number of fused-ring (bicyclic) bond motifs is 1. The second-order valence-corrected chi connectivity index (χ2v) is 14.0. The Hall–Kier alpha value is -5.66. The molecule has 6 aromatic rings. The Labute approximate surface area is 309 Å². The van der Waals surface area contributed by atoms with E-state index in [1.54, 1.807) is 53.2 Å². The van der Waals surface area contributed by atoms with E-state index in [4.69, 9.17) is 9.47 Å². The van der Waals surface area contributed by atoms with E-state index in [2.05, 4.69) is 22.4 Å². The van der Waals surface area contributed by atoms with E-state index in [1.807, 2.05) is 72.8 Å². The fraction of sp³-hybridized carbons (Fsp3) is 0.195. The minimum atomic E-state index is -0.685. The number of rotatable bonds is 10. The molecule has 0 aliphatic carbocycles. The van der Waals surface area contributed by atoms with Crippen molar-refractivity contribution in [2.24, 2.45) is 5.92 Å². The van der Waals surface area contributed by atoms with Gasteiger partial charge in [-0.05, 0) is 74.6 Å². The van der Waals surface area contributed by atoms with Gasteiger partial charge in [-0.2, -0.15) is 4.68 Å². The topological polar surface area (TPSA) is 140 Å². The van der Waals surface area contributed by atoms with Gasteiger partial charge >= 0.3 is 0 Å². The summed E-state index contributed by atoms with van der Waals surface area (Å²) in [7, 11) is 0. The van der Waals surface area contributed by atoms with Gasteiger partial charge in [-0.15, -0.1) is 5.10 Å². The molecular formula is C41H35N5O6S. The fourth-order valence-electron chi connectivity index (χ4n) is 6.80. The third kappa shape index (κ3) is 6.85. The predicted molar refractivity (Wildman–Crippen MR) is 197 cm³/mol. The Balaban J connectivity index is 1.04. The lowest BCUT2D eigenvalue weighted by molar-refractivity contribution is -0.268. The minimum Gasteiger partial charge on any atom is -0.508 e. The van der Waals surface area contributed by atoms with Gasteiger partial charge in [0.25, 0.3) is 11.8 Å². The number of tetrazole rings is 1. The molecule has 2 N–H and O–H groups in total. The van der Waals surface area contributed by atoms with Crippen LogP contribution < -0.4 is 0 Å². The van der Waals surface area contributed by atoms with Crippen LogP contribution in [-0.4, -0.2) is 59.0 Å². The summed E-state index contributed by atoms with van der Waals surface area (Å²) in [6.07, 6.45) is -1.25. The second kappa shape index (κ2) is 14.8. The molecule has 11 nitrogen and oxygen atoms in total. The van der Waals surface area contributed by atoms with Crippen molar-refractivity contribution in [1.29, 1.82) is 0 Å². The van der Waals surface area contributed by atoms with E-state index in [-0.39, 0.29) is 48.8 Å². The first-order valence-electron chi connectivity index (χ1n) is 17.2. The van der Waals surface area contributed by atoms with Gasteiger partial charge in [-0.3, -0.25) is 14.5 Å². The SMILES string of the molecule is C[C@@H]1[C@H](CSc2nnnn2-c2ccc(O)cc2)O[C@H](c2ccc(-c3ccccc3CN3C(=O)c4ccccc4C3=O)cc2)O[C@@H]1c1ccc(CO)cc1. The first-order chi connectivity index (χ1) is 25.9. The van der Waals surface area contributed by atoms with Gasteiger partial charge in [0, 0.05) is 17.2 Å². The van der Waals surface area contributed by atoms with Crippen LogP contribution in [0, 0.1) is 5.92 Å². The molecular weight excluding hydrogens is 691 g/mol. The van der Waals surface area contributed by atoms with Crippen LogP contribution in [0.3, 0.4) is 0 Å². The first kappa shape index (κ1) is 34.4. The summed E-state index contributed by atoms with van der Waals surface area (Å²) in [5.74, 6) is 0.0603. The van der Waals surface area contributed by atoms with Crippen molar-refractivity contribution in [3.63, 3.8) is 0 Å². The molecule has 1 fully saturated rings. The highest BCUT2D eigenvalue weighted by Crippen LogP contribution is 2.43. The maximum absolute atomic E-state index is 13.1. The van der Waals surface area contributed by atoms with Crippen molar-refractivity contribution in [3.8, 4) is 22.6 Å². The van der Waals surface area contributed by atoms with Crippen LogP contribution in [0.15, 0.2) is 126 Å². The molecule has 266 valence electrons. The number of aliphatic hydroxyl groups excluding tert-OH is 1. The van der Waals surface area contributed by atoms with Crippen molar-refractivity contribution in [2.45, 2.75) is 43.7 Å². The van der Waals surface area contributed by atoms with Gasteiger partial charge in [0.1, 0.15) is 5.75 Å². The summed E-state index contributed by atoms with van der Waals surface area (Å²) in [5.41, 5.74) is 6.90. The lowest BCUT2D eigenvalue weighted by atomic mass is 9.91. The standard InChI is InChI=1S/C41H35N5O6S/c1-25-36(24-53-41-42-43-44-46(41)31-18-20-32(48)21-19-31)51-40(52-37(25)28-12-10-26(23-47)11-13-28)29-16-14-27(15-17-29)33-7-3-2-6-30(33)22-45-38(49)34-8-4-5-9-35(34)39(45)50/h2-21,25,36-37,40,47-48H,22-24H2,1H3/t25-,36+,37+,40+/m1/s1. The van der Waals surface area contributed by atoms with Crippen molar-refractivity contribution in [1.82, 2.24) is 25.1 Å². The van der Waals surface area contributed by atoms with Crippen LogP contribution in [0.4, 0.5) is 0 Å². The average molecular weight is 726 g/mol. The Kier molecular flexibility index (Phi) is 9.59. The quantitative estimate of drug-likeness (QED) is 0.113. The lowest BCUT2D eigenvalue weighted by Gasteiger charge is -2.41. The molecule has 0 unspecified atom stereocenters. The maximum Gasteiger partial charge on any atom is 0.261 e. The van der Waals surface area contributed by atoms with Crippen molar-refractivity contribution in [3.05, 3.63) is 155 Å². The van der Waals surface area contributed by atoms with E-state index in [0.29, 0.717) is 22.0 Å². The molecule has 0 spiro atoms. The number of amides is 2. The zero-order chi connectivity index (χ0) is 36.5. The number of thioether (sulfide) groups is 1. The number of nitrogens with zero attached hydrogens (tertiary/aromatic N) is 5. The van der Waals surface area contributed by atoms with Gasteiger partial charge in [0.2, 0.25) is 5.16 Å². The number of phenols is 1. The van der Waals surface area contributed by atoms with Crippen molar-refractivity contribution in [2.75, 3.05) is 5.75 Å². The van der Waals surface area contributed by atoms with Crippen LogP contribution in [0.25, 0.3) is 16.8 Å². The molecule has 53 heavy (non-hydrogen) atoms. The van der Waals surface area contributed by atoms with Gasteiger partial charge in [-0.25, -0.2) is 0 Å². The summed E-state index contributed by atoms with van der Waals surface area (Å²) in [6, 6.07) is 37.1. The monoisotopic (exact) mass is 725 g/mol. The second-order valence-electron chi connectivity index (χ2n) is 13.0. The lowest BCUT2D eigenvalue weighted by Crippen LogP contribution is -2.38. The molecule has 2 aliphatic heterocycles. The Morgan fingerprint density at radius 1 is 0.755 bits per heavy atom. The van der Waals surface area contributed by atoms with E-state index in [9.17, 15) is 19.8 Å². The molecule has 4 atom stereocenters. The van der Waals surface area contributed by atoms with Gasteiger partial charge in [0.05, 0.1) is 42.2 Å². The van der Waals surface area contributed by atoms with Crippen LogP contribution >= 0.6 is 11.8 Å². The number of ether oxygens (including phenoxy) is 2. The number of hydrogen-bond donors (Lipinski definition) is 2. The number of carbonyl (C=O) groups excluding carboxylic acids is 2. The molecule has 5 aromatic carbocycles. The minimum absolute atomic E-state index is 0.0458. The fourth-order valence-corrected chi connectivity index (χ4v) is 7.86. The molecule has 2 aliphatic rings. The molecule has 2 amide bonds. The highest BCUT2D eigenvalue weighted by molar-refractivity contribution is 7.99. The van der Waals surface area contributed by atoms with Gasteiger partial charge in [-0.1, -0.05) is 104 Å². The molecule has 1 saturated heterocycles. The van der Waals surface area contributed by atoms with E-state index >= 15 is 0 Å². The Bertz CT molecular complexity index is 2230. The normalized spacial score (nSPS) is 19.8. The number of carbonyl (C=O) groups is 2. The largest absolute Gasteiger partial charge is 0.508 e. The molecule has 0 saturated carbocycles. The van der Waals surface area contributed by atoms with E-state index in [1.165, 1.54) is 16.7 Å². The molecule has 3 heterocycles. The third-order valence-electron chi connectivity index (χ3n) is 9.75. The van der Waals surface area contributed by atoms with Crippen molar-refractivity contribution >= 4 is 23.6 Å². The Morgan fingerprint density at radius 3 is 2.08 bits per heavy atom. The molecule has 1 aromatic heterocycles. The van der Waals surface area contributed by atoms with Crippen LogP contribution in [0.2, 0.25) is 0 Å². The van der Waals surface area contributed by atoms with Gasteiger partial charge in [0.15, 0.2) is 6.29 Å². The molecule has 12 heteroatoms. The Morgan fingerprint density at radius 2 is 1.40 bits per heavy atom. The first-order valence-corrected chi connectivity index (χ1v) is 18.2. The highest BCUT2D eigenvalue weighted by Gasteiger charge is 2.39. The summed E-state index contributed by atoms with van der Waals surface area (Å²) in [5, 5.41) is 32.3. The number of benzene rings is 5. The predicted octanol–water partition coefficient (Wildman–Crippen LogP) is 6.91. The number of aromatic nitrogens is 4. The van der Waals surface area contributed by atoms with Gasteiger partial charge < -0.3 is 19.7 Å². The number of aliphatic hydroxyl groups is 1. The number of imide groups is 1. The molecule has 0 bridgehead atoms. The molecule has 8 rings (SSSR count). The zero-order valence-corrected chi connectivity index (χ0v) is 29.5. The smallest absolute Gasteiger partial charge is 0.261 e. The summed E-state index contributed by atoms with van der Waals surface area (Å²) < 4.78 is 15.0. The van der Waals surface area contributed by atoms with E-state index in [0.717, 1.165) is 39.1 Å². The van der Waals surface area contributed by atoms with Crippen molar-refractivity contribution < 1.29 is 29.3 Å². The van der Waals surface area contributed by atoms with E-state index < -0.39 is 6.29 Å². The van der Waals surface area contributed by atoms with Crippen LogP contribution in [0.1, 0.15) is 62.3 Å². The number of phenolic OH excluding ortho intramolecular Hbond substituents is 1. The number of hydrogen-bond acceptors (Lipinski definition) is 10. The summed E-state index contributed by atoms with van der Waals surface area (Å²) in [6.45, 7) is 2.21. The van der Waals surface area contributed by atoms with Crippen LogP contribution in [-0.2, 0) is 22.6 Å². The third-order valence-corrected chi connectivity index (χ3v) is 10.8. The van der Waals surface area contributed by atoms with Crippen LogP contribution in [0.5, 0.6) is 5.75 Å². The number of aromatic hydroxyl groups is 1. The average Bonchev–Trinajstić information content (AvgIpc) is 3.77. The maximum atomic E-state index is 13.1. The highest BCUT2D eigenvalue weighted by atomic mass is 32.2. The summed E-state index contributed by atoms with van der Waals surface area (Å²) >= 11 is 1.47. The zero-order valence-electron chi connectivity index (χ0n) is 28.6.